The number of nitrogens with one attached hydrogen (secondary N) is 2. The Kier molecular flexibility index (Phi) is 5.38. The molecule has 0 aliphatic rings. The molecule has 1 atom stereocenters. The molecule has 4 nitrogen and oxygen atoms in total. The summed E-state index contributed by atoms with van der Waals surface area (Å²) in [7, 11) is 0. The molecule has 0 radical (unpaired) electrons. The number of nitriles is 1. The average Bonchev–Trinajstić information content (AvgIpc) is 2.41. The molecule has 1 unspecified atom stereocenters. The summed E-state index contributed by atoms with van der Waals surface area (Å²) in [4.78, 5) is 11.4. The molecule has 1 amide bonds. The number of carbonyl (C=O) groups is 1. The van der Waals surface area contributed by atoms with Crippen LogP contribution in [-0.4, -0.2) is 19.0 Å². The van der Waals surface area contributed by atoms with E-state index in [-0.39, 0.29) is 30.6 Å². The molecule has 0 fully saturated rings. The Balaban J connectivity index is 2.50. The first-order valence-electron chi connectivity index (χ1n) is 5.90. The summed E-state index contributed by atoms with van der Waals surface area (Å²) in [6, 6.07) is 6.56. The van der Waals surface area contributed by atoms with Gasteiger partial charge in [-0.05, 0) is 25.1 Å². The Morgan fingerprint density at radius 2 is 2.15 bits per heavy atom. The van der Waals surface area contributed by atoms with Crippen LogP contribution in [0.4, 0.5) is 18.9 Å². The normalized spacial score (nSPS) is 12.3. The minimum absolute atomic E-state index is 0.153. The van der Waals surface area contributed by atoms with Crippen molar-refractivity contribution in [3.63, 3.8) is 0 Å². The Morgan fingerprint density at radius 3 is 2.75 bits per heavy atom. The highest BCUT2D eigenvalue weighted by Crippen LogP contribution is 2.30. The van der Waals surface area contributed by atoms with Gasteiger partial charge in [0.15, 0.2) is 0 Å². The molecule has 1 aromatic carbocycles. The van der Waals surface area contributed by atoms with Crippen LogP contribution < -0.4 is 10.6 Å². The summed E-state index contributed by atoms with van der Waals surface area (Å²) >= 11 is 0. The minimum Gasteiger partial charge on any atom is -0.376 e. The number of hydrogen-bond donors (Lipinski definition) is 2. The van der Waals surface area contributed by atoms with Gasteiger partial charge in [-0.3, -0.25) is 4.79 Å². The fourth-order valence-electron chi connectivity index (χ4n) is 1.36. The quantitative estimate of drug-likeness (QED) is 0.873. The van der Waals surface area contributed by atoms with Gasteiger partial charge in [-0.15, -0.1) is 0 Å². The summed E-state index contributed by atoms with van der Waals surface area (Å²) in [5.41, 5.74) is -0.565. The number of alkyl halides is 3. The summed E-state index contributed by atoms with van der Waals surface area (Å²) in [5.74, 6) is -0.697. The first-order valence-corrected chi connectivity index (χ1v) is 5.90. The molecule has 7 heteroatoms. The maximum Gasteiger partial charge on any atom is 0.416 e. The van der Waals surface area contributed by atoms with Crippen LogP contribution in [0.1, 0.15) is 12.5 Å². The SMILES string of the molecule is CC(C#N)CNC(=O)CNc1cccc(C(F)(F)F)c1. The van der Waals surface area contributed by atoms with E-state index in [1.807, 2.05) is 6.07 Å². The Morgan fingerprint density at radius 1 is 1.45 bits per heavy atom. The third kappa shape index (κ3) is 5.18. The molecule has 2 N–H and O–H groups in total. The van der Waals surface area contributed by atoms with Crippen molar-refractivity contribution >= 4 is 11.6 Å². The van der Waals surface area contributed by atoms with Crippen molar-refractivity contribution in [3.05, 3.63) is 29.8 Å². The zero-order valence-corrected chi connectivity index (χ0v) is 10.8. The molecule has 0 aromatic heterocycles. The van der Waals surface area contributed by atoms with E-state index in [1.54, 1.807) is 6.92 Å². The molecule has 20 heavy (non-hydrogen) atoms. The number of anilines is 1. The van der Waals surface area contributed by atoms with Crippen molar-refractivity contribution in [1.29, 1.82) is 5.26 Å². The zero-order chi connectivity index (χ0) is 15.2. The maximum atomic E-state index is 12.5. The third-order valence-electron chi connectivity index (χ3n) is 2.47. The molecule has 0 aliphatic heterocycles. The van der Waals surface area contributed by atoms with Gasteiger partial charge in [-0.25, -0.2) is 0 Å². The van der Waals surface area contributed by atoms with Gasteiger partial charge in [0, 0.05) is 12.2 Å². The predicted octanol–water partition coefficient (Wildman–Crippen LogP) is 2.39. The molecular formula is C13H14F3N3O. The molecular weight excluding hydrogens is 271 g/mol. The smallest absolute Gasteiger partial charge is 0.376 e. The molecule has 1 rings (SSSR count). The van der Waals surface area contributed by atoms with Crippen LogP contribution >= 0.6 is 0 Å². The number of hydrogen-bond acceptors (Lipinski definition) is 3. The van der Waals surface area contributed by atoms with E-state index in [0.29, 0.717) is 0 Å². The molecule has 0 heterocycles. The van der Waals surface area contributed by atoms with E-state index in [0.717, 1.165) is 12.1 Å². The minimum atomic E-state index is -4.41. The maximum absolute atomic E-state index is 12.5. The summed E-state index contributed by atoms with van der Waals surface area (Å²) < 4.78 is 37.4. The van der Waals surface area contributed by atoms with Gasteiger partial charge in [0.2, 0.25) is 5.91 Å². The van der Waals surface area contributed by atoms with E-state index in [9.17, 15) is 18.0 Å². The first-order chi connectivity index (χ1) is 9.32. The molecule has 0 aliphatic carbocycles. The lowest BCUT2D eigenvalue weighted by molar-refractivity contribution is -0.137. The van der Waals surface area contributed by atoms with Gasteiger partial charge in [-0.1, -0.05) is 6.07 Å². The topological polar surface area (TPSA) is 64.9 Å². The average molecular weight is 285 g/mol. The lowest BCUT2D eigenvalue weighted by Crippen LogP contribution is -2.32. The predicted molar refractivity (Wildman–Crippen MR) is 67.7 cm³/mol. The van der Waals surface area contributed by atoms with Crippen LogP contribution in [0.25, 0.3) is 0 Å². The van der Waals surface area contributed by atoms with Gasteiger partial charge in [0.05, 0.1) is 24.1 Å². The zero-order valence-electron chi connectivity index (χ0n) is 10.8. The summed E-state index contributed by atoms with van der Waals surface area (Å²) in [5, 5.41) is 13.6. The van der Waals surface area contributed by atoms with Crippen LogP contribution in [0.5, 0.6) is 0 Å². The van der Waals surface area contributed by atoms with Crippen molar-refractivity contribution in [2.45, 2.75) is 13.1 Å². The molecule has 0 saturated heterocycles. The van der Waals surface area contributed by atoms with Gasteiger partial charge >= 0.3 is 6.18 Å². The Bertz CT molecular complexity index is 508. The number of halogens is 3. The standard InChI is InChI=1S/C13H14F3N3O/c1-9(6-17)7-19-12(20)8-18-11-4-2-3-10(5-11)13(14,15)16/h2-5,9,18H,7-8H2,1H3,(H,19,20). The number of rotatable bonds is 5. The number of nitrogens with zero attached hydrogens (tertiary/aromatic N) is 1. The van der Waals surface area contributed by atoms with Gasteiger partial charge < -0.3 is 10.6 Å². The molecule has 0 bridgehead atoms. The van der Waals surface area contributed by atoms with Gasteiger partial charge in [-0.2, -0.15) is 18.4 Å². The van der Waals surface area contributed by atoms with Crippen molar-refractivity contribution in [1.82, 2.24) is 5.32 Å². The Labute approximate surface area is 114 Å². The highest BCUT2D eigenvalue weighted by atomic mass is 19.4. The summed E-state index contributed by atoms with van der Waals surface area (Å²) in [6.07, 6.45) is -4.41. The monoisotopic (exact) mass is 285 g/mol. The largest absolute Gasteiger partial charge is 0.416 e. The van der Waals surface area contributed by atoms with Crippen molar-refractivity contribution in [2.75, 3.05) is 18.4 Å². The highest BCUT2D eigenvalue weighted by molar-refractivity contribution is 5.80. The number of carbonyl (C=O) groups excluding carboxylic acids is 1. The lowest BCUT2D eigenvalue weighted by Gasteiger charge is -2.11. The van der Waals surface area contributed by atoms with Crippen molar-refractivity contribution in [3.8, 4) is 6.07 Å². The lowest BCUT2D eigenvalue weighted by atomic mass is 10.2. The van der Waals surface area contributed by atoms with Crippen LogP contribution in [0.2, 0.25) is 0 Å². The van der Waals surface area contributed by atoms with Crippen LogP contribution in [0.3, 0.4) is 0 Å². The van der Waals surface area contributed by atoms with Crippen LogP contribution in [0, 0.1) is 17.2 Å². The van der Waals surface area contributed by atoms with Crippen LogP contribution in [-0.2, 0) is 11.0 Å². The van der Waals surface area contributed by atoms with Crippen molar-refractivity contribution < 1.29 is 18.0 Å². The third-order valence-corrected chi connectivity index (χ3v) is 2.47. The van der Waals surface area contributed by atoms with Crippen molar-refractivity contribution in [2.24, 2.45) is 5.92 Å². The Hall–Kier alpha value is -2.23. The number of amides is 1. The molecule has 0 spiro atoms. The van der Waals surface area contributed by atoms with Crippen LogP contribution in [0.15, 0.2) is 24.3 Å². The number of benzene rings is 1. The van der Waals surface area contributed by atoms with E-state index in [4.69, 9.17) is 5.26 Å². The molecule has 0 saturated carbocycles. The highest BCUT2D eigenvalue weighted by Gasteiger charge is 2.30. The van der Waals surface area contributed by atoms with E-state index in [2.05, 4.69) is 10.6 Å². The van der Waals surface area contributed by atoms with Gasteiger partial charge in [0.25, 0.3) is 0 Å². The first kappa shape index (κ1) is 15.8. The second-order valence-electron chi connectivity index (χ2n) is 4.27. The molecule has 1 aromatic rings. The second-order valence-corrected chi connectivity index (χ2v) is 4.27. The van der Waals surface area contributed by atoms with E-state index >= 15 is 0 Å². The molecule has 108 valence electrons. The van der Waals surface area contributed by atoms with Gasteiger partial charge in [0.1, 0.15) is 0 Å². The fourth-order valence-corrected chi connectivity index (χ4v) is 1.36. The second kappa shape index (κ2) is 6.80. The fraction of sp³-hybridized carbons (Fsp3) is 0.385. The summed E-state index contributed by atoms with van der Waals surface area (Å²) in [6.45, 7) is 1.71. The van der Waals surface area contributed by atoms with E-state index in [1.165, 1.54) is 12.1 Å². The van der Waals surface area contributed by atoms with E-state index < -0.39 is 11.7 Å².